The molecular weight excluding hydrogens is 317 g/mol. The maximum absolute atomic E-state index is 13.3. The third-order valence-electron chi connectivity index (χ3n) is 4.06. The second-order valence-electron chi connectivity index (χ2n) is 5.84. The van der Waals surface area contributed by atoms with E-state index in [1.807, 2.05) is 0 Å². The van der Waals surface area contributed by atoms with Crippen LogP contribution in [0, 0.1) is 12.7 Å². The van der Waals surface area contributed by atoms with E-state index in [1.54, 1.807) is 6.92 Å². The summed E-state index contributed by atoms with van der Waals surface area (Å²) in [5, 5.41) is 14.2. The number of likely N-dealkylation sites (tertiary alicyclic amines) is 1. The molecule has 4 rings (SSSR count). The summed E-state index contributed by atoms with van der Waals surface area (Å²) in [7, 11) is 0. The van der Waals surface area contributed by atoms with Gasteiger partial charge >= 0.3 is 0 Å². The highest BCUT2D eigenvalue weighted by Gasteiger charge is 2.40. The first-order valence-corrected chi connectivity index (χ1v) is 7.49. The number of amides is 1. The number of carbonyl (C=O) groups is 1. The van der Waals surface area contributed by atoms with E-state index in [1.165, 1.54) is 29.2 Å². The molecule has 0 unspecified atom stereocenters. The van der Waals surface area contributed by atoms with Gasteiger partial charge in [-0.05, 0) is 31.2 Å². The maximum atomic E-state index is 13.3. The second kappa shape index (κ2) is 5.41. The van der Waals surface area contributed by atoms with Gasteiger partial charge in [-0.3, -0.25) is 4.79 Å². The number of hydrogen-bond donors (Lipinski definition) is 1. The molecule has 2 aromatic heterocycles. The summed E-state index contributed by atoms with van der Waals surface area (Å²) in [6, 6.07) is 5.01. The first kappa shape index (κ1) is 14.8. The van der Waals surface area contributed by atoms with Crippen LogP contribution in [0.2, 0.25) is 0 Å². The van der Waals surface area contributed by atoms with Crippen LogP contribution in [0.15, 0.2) is 33.2 Å². The van der Waals surface area contributed by atoms with Crippen molar-refractivity contribution in [1.29, 1.82) is 0 Å². The number of fused-ring (bicyclic) bond motifs is 1. The molecule has 1 saturated heterocycles. The molecule has 24 heavy (non-hydrogen) atoms. The lowest BCUT2D eigenvalue weighted by Crippen LogP contribution is -2.31. The van der Waals surface area contributed by atoms with Crippen molar-refractivity contribution in [2.24, 2.45) is 0 Å². The molecule has 1 N–H and O–H groups in total. The van der Waals surface area contributed by atoms with Crippen molar-refractivity contribution in [2.45, 2.75) is 25.5 Å². The zero-order chi connectivity index (χ0) is 16.8. The number of aliphatic hydroxyl groups is 1. The van der Waals surface area contributed by atoms with Gasteiger partial charge in [-0.15, -0.1) is 0 Å². The van der Waals surface area contributed by atoms with Crippen LogP contribution in [-0.4, -0.2) is 38.7 Å². The SMILES string of the molecule is Cc1noc([C@H]2C[C@@H](O)CN2C(=O)c2cc3cc(F)ccc3o2)n1. The first-order valence-electron chi connectivity index (χ1n) is 7.49. The van der Waals surface area contributed by atoms with Crippen LogP contribution in [0.1, 0.15) is 34.7 Å². The van der Waals surface area contributed by atoms with E-state index >= 15 is 0 Å². The standard InChI is InChI=1S/C16H14FN3O4/c1-8-18-15(24-19-8)12-6-11(21)7-20(12)16(22)14-5-9-4-10(17)2-3-13(9)23-14/h2-5,11-12,21H,6-7H2,1H3/t11-,12-/m1/s1. The Labute approximate surface area is 135 Å². The number of benzene rings is 1. The highest BCUT2D eigenvalue weighted by atomic mass is 19.1. The predicted molar refractivity (Wildman–Crippen MR) is 79.6 cm³/mol. The van der Waals surface area contributed by atoms with Gasteiger partial charge in [0.1, 0.15) is 17.4 Å². The Balaban J connectivity index is 1.68. The number of halogens is 1. The fraction of sp³-hybridized carbons (Fsp3) is 0.312. The average Bonchev–Trinajstić information content (AvgIpc) is 3.23. The van der Waals surface area contributed by atoms with Gasteiger partial charge in [-0.1, -0.05) is 5.16 Å². The number of rotatable bonds is 2. The van der Waals surface area contributed by atoms with E-state index in [0.29, 0.717) is 23.2 Å². The molecular formula is C16H14FN3O4. The van der Waals surface area contributed by atoms with Crippen molar-refractivity contribution >= 4 is 16.9 Å². The van der Waals surface area contributed by atoms with Gasteiger partial charge < -0.3 is 18.9 Å². The van der Waals surface area contributed by atoms with Crippen molar-refractivity contribution in [3.63, 3.8) is 0 Å². The molecule has 0 saturated carbocycles. The number of nitrogens with zero attached hydrogens (tertiary/aromatic N) is 3. The topological polar surface area (TPSA) is 92.6 Å². The van der Waals surface area contributed by atoms with Crippen molar-refractivity contribution in [2.75, 3.05) is 6.54 Å². The number of β-amino-alcohol motifs (C(OH)–C–C–N with tert-alkyl or cyclic N) is 1. The largest absolute Gasteiger partial charge is 0.451 e. The maximum Gasteiger partial charge on any atom is 0.290 e. The number of aromatic nitrogens is 2. The Morgan fingerprint density at radius 3 is 3.00 bits per heavy atom. The molecule has 7 nitrogen and oxygen atoms in total. The normalized spacial score (nSPS) is 20.9. The number of hydrogen-bond acceptors (Lipinski definition) is 6. The summed E-state index contributed by atoms with van der Waals surface area (Å²) in [5.74, 6) is -0.00869. The molecule has 0 aliphatic carbocycles. The average molecular weight is 331 g/mol. The van der Waals surface area contributed by atoms with Crippen LogP contribution < -0.4 is 0 Å². The number of furan rings is 1. The smallest absolute Gasteiger partial charge is 0.290 e. The molecule has 1 aliphatic rings. The van der Waals surface area contributed by atoms with Gasteiger partial charge in [0.25, 0.3) is 5.91 Å². The van der Waals surface area contributed by atoms with E-state index in [-0.39, 0.29) is 18.2 Å². The lowest BCUT2D eigenvalue weighted by molar-refractivity contribution is 0.0664. The minimum atomic E-state index is -0.687. The lowest BCUT2D eigenvalue weighted by Gasteiger charge is -2.20. The summed E-state index contributed by atoms with van der Waals surface area (Å²) in [6.07, 6.45) is -0.379. The third-order valence-corrected chi connectivity index (χ3v) is 4.06. The van der Waals surface area contributed by atoms with Crippen molar-refractivity contribution in [3.05, 3.63) is 47.6 Å². The highest BCUT2D eigenvalue weighted by molar-refractivity contribution is 5.96. The molecule has 1 aliphatic heterocycles. The van der Waals surface area contributed by atoms with Gasteiger partial charge in [0.2, 0.25) is 5.89 Å². The summed E-state index contributed by atoms with van der Waals surface area (Å²) in [4.78, 5) is 18.4. The Bertz CT molecular complexity index is 919. The van der Waals surface area contributed by atoms with E-state index in [2.05, 4.69) is 10.1 Å². The van der Waals surface area contributed by atoms with Gasteiger partial charge in [0.15, 0.2) is 11.6 Å². The van der Waals surface area contributed by atoms with Crippen LogP contribution in [0.4, 0.5) is 4.39 Å². The van der Waals surface area contributed by atoms with Crippen molar-refractivity contribution in [1.82, 2.24) is 15.0 Å². The first-order chi connectivity index (χ1) is 11.5. The van der Waals surface area contributed by atoms with Gasteiger partial charge in [0.05, 0.1) is 6.10 Å². The molecule has 1 fully saturated rings. The molecule has 1 aromatic carbocycles. The Morgan fingerprint density at radius 1 is 1.42 bits per heavy atom. The predicted octanol–water partition coefficient (Wildman–Crippen LogP) is 2.21. The second-order valence-corrected chi connectivity index (χ2v) is 5.84. The quantitative estimate of drug-likeness (QED) is 0.774. The number of carbonyl (C=O) groups excluding carboxylic acids is 1. The number of aryl methyl sites for hydroxylation is 1. The Morgan fingerprint density at radius 2 is 2.25 bits per heavy atom. The van der Waals surface area contributed by atoms with Gasteiger partial charge in [0, 0.05) is 18.4 Å². The molecule has 0 bridgehead atoms. The minimum absolute atomic E-state index is 0.0749. The monoisotopic (exact) mass is 331 g/mol. The van der Waals surface area contributed by atoms with Gasteiger partial charge in [-0.2, -0.15) is 4.98 Å². The Kier molecular flexibility index (Phi) is 3.34. The molecule has 0 radical (unpaired) electrons. The van der Waals surface area contributed by atoms with Crippen LogP contribution >= 0.6 is 0 Å². The van der Waals surface area contributed by atoms with Crippen LogP contribution in [-0.2, 0) is 0 Å². The fourth-order valence-corrected chi connectivity index (χ4v) is 2.98. The van der Waals surface area contributed by atoms with Crippen LogP contribution in [0.25, 0.3) is 11.0 Å². The summed E-state index contributed by atoms with van der Waals surface area (Å²) >= 11 is 0. The summed E-state index contributed by atoms with van der Waals surface area (Å²) < 4.78 is 23.9. The van der Waals surface area contributed by atoms with Crippen molar-refractivity contribution in [3.8, 4) is 0 Å². The molecule has 0 spiro atoms. The van der Waals surface area contributed by atoms with E-state index < -0.39 is 23.9 Å². The summed E-state index contributed by atoms with van der Waals surface area (Å²) in [6.45, 7) is 1.81. The zero-order valence-corrected chi connectivity index (χ0v) is 12.8. The van der Waals surface area contributed by atoms with Crippen LogP contribution in [0.3, 0.4) is 0 Å². The molecule has 3 heterocycles. The lowest BCUT2D eigenvalue weighted by atomic mass is 10.2. The van der Waals surface area contributed by atoms with E-state index in [9.17, 15) is 14.3 Å². The highest BCUT2D eigenvalue weighted by Crippen LogP contribution is 2.33. The van der Waals surface area contributed by atoms with Crippen LogP contribution in [0.5, 0.6) is 0 Å². The molecule has 8 heteroatoms. The van der Waals surface area contributed by atoms with Crippen molar-refractivity contribution < 1.29 is 23.2 Å². The molecule has 2 atom stereocenters. The Hall–Kier alpha value is -2.74. The molecule has 124 valence electrons. The van der Waals surface area contributed by atoms with E-state index in [4.69, 9.17) is 8.94 Å². The summed E-state index contributed by atoms with van der Waals surface area (Å²) in [5.41, 5.74) is 0.421. The zero-order valence-electron chi connectivity index (χ0n) is 12.8. The molecule has 3 aromatic rings. The molecule has 1 amide bonds. The van der Waals surface area contributed by atoms with E-state index in [0.717, 1.165) is 0 Å². The third kappa shape index (κ3) is 2.44. The number of aliphatic hydroxyl groups excluding tert-OH is 1. The fourth-order valence-electron chi connectivity index (χ4n) is 2.98. The van der Waals surface area contributed by atoms with Gasteiger partial charge in [-0.25, -0.2) is 4.39 Å². The minimum Gasteiger partial charge on any atom is -0.451 e.